The molecule has 3 aromatic heterocycles. The van der Waals surface area contributed by atoms with Crippen LogP contribution in [-0.4, -0.2) is 109 Å². The van der Waals surface area contributed by atoms with Crippen LogP contribution in [0, 0.1) is 35.4 Å². The Morgan fingerprint density at radius 1 is 1.07 bits per heavy atom. The lowest BCUT2D eigenvalue weighted by molar-refractivity contribution is -0.286. The molecule has 8 rings (SSSR count). The minimum absolute atomic E-state index is 0.00335. The highest BCUT2D eigenvalue weighted by Gasteiger charge is 2.44. The van der Waals surface area contributed by atoms with E-state index in [1.165, 1.54) is 12.1 Å². The molecular formula is C52H61F3N10O7S. The molecule has 21 heteroatoms. The predicted molar refractivity (Wildman–Crippen MR) is 271 cm³/mol. The van der Waals surface area contributed by atoms with Crippen molar-refractivity contribution in [2.45, 2.75) is 95.9 Å². The molecule has 0 saturated heterocycles. The summed E-state index contributed by atoms with van der Waals surface area (Å²) in [4.78, 5) is 35.4. The molecule has 0 spiro atoms. The first-order valence-corrected chi connectivity index (χ1v) is 25.5. The summed E-state index contributed by atoms with van der Waals surface area (Å²) in [6.07, 6.45) is -1.70. The molecule has 6 aromatic rings. The zero-order chi connectivity index (χ0) is 51.9. The number of rotatable bonds is 24. The lowest BCUT2D eigenvalue weighted by Gasteiger charge is -2.27. The predicted octanol–water partition coefficient (Wildman–Crippen LogP) is 6.61. The van der Waals surface area contributed by atoms with Gasteiger partial charge in [-0.25, -0.2) is 19.0 Å². The summed E-state index contributed by atoms with van der Waals surface area (Å²) in [6, 6.07) is 16.9. The van der Waals surface area contributed by atoms with Gasteiger partial charge in [-0.2, -0.15) is 0 Å². The zero-order valence-electron chi connectivity index (χ0n) is 41.2. The van der Waals surface area contributed by atoms with Gasteiger partial charge in [-0.15, -0.1) is 13.9 Å². The van der Waals surface area contributed by atoms with Crippen LogP contribution < -0.4 is 31.2 Å². The summed E-state index contributed by atoms with van der Waals surface area (Å²) in [7, 11) is 0. The first-order chi connectivity index (χ1) is 35.0. The maximum atomic E-state index is 15.8. The SMILES string of the molecule is CCCSc1nc(NCCN)c2nnn(Cc3ccc(C#CC(=O)NCCOCC(C)(C)c4cc5cc(NC(=O)CCC(Cc6ccc7c(c6)OC(F)(F)O7)[C@H]6CC6C)c(F)cc5n4C[C@@H](O)CO)cc3)c2n1. The molecular weight excluding hydrogens is 966 g/mol. The molecule has 17 nitrogen and oxygen atoms in total. The maximum Gasteiger partial charge on any atom is 0.586 e. The fourth-order valence-electron chi connectivity index (χ4n) is 9.03. The zero-order valence-corrected chi connectivity index (χ0v) is 42.0. The van der Waals surface area contributed by atoms with Gasteiger partial charge in [0.15, 0.2) is 33.6 Å². The van der Waals surface area contributed by atoms with Gasteiger partial charge in [-0.1, -0.05) is 68.8 Å². The number of nitrogens with zero attached hydrogens (tertiary/aromatic N) is 6. The van der Waals surface area contributed by atoms with Gasteiger partial charge < -0.3 is 50.7 Å². The third kappa shape index (κ3) is 13.4. The number of nitrogens with two attached hydrogens (primary N) is 1. The molecule has 2 unspecified atom stereocenters. The van der Waals surface area contributed by atoms with Crippen LogP contribution in [0.2, 0.25) is 0 Å². The quantitative estimate of drug-likeness (QED) is 0.0163. The third-order valence-electron chi connectivity index (χ3n) is 12.9. The Morgan fingerprint density at radius 2 is 1.84 bits per heavy atom. The van der Waals surface area contributed by atoms with Crippen LogP contribution in [0.3, 0.4) is 0 Å². The van der Waals surface area contributed by atoms with E-state index in [4.69, 9.17) is 15.5 Å². The summed E-state index contributed by atoms with van der Waals surface area (Å²) >= 11 is 1.56. The molecule has 1 fully saturated rings. The molecule has 1 aliphatic carbocycles. The van der Waals surface area contributed by atoms with E-state index in [9.17, 15) is 28.6 Å². The van der Waals surface area contributed by atoms with Crippen molar-refractivity contribution in [3.05, 3.63) is 88.9 Å². The summed E-state index contributed by atoms with van der Waals surface area (Å²) in [5, 5.41) is 38.9. The van der Waals surface area contributed by atoms with Crippen LogP contribution in [0.5, 0.6) is 11.5 Å². The minimum Gasteiger partial charge on any atom is -0.395 e. The highest BCUT2D eigenvalue weighted by molar-refractivity contribution is 7.99. The van der Waals surface area contributed by atoms with Crippen LogP contribution in [-0.2, 0) is 39.3 Å². The van der Waals surface area contributed by atoms with E-state index in [0.29, 0.717) is 88.6 Å². The van der Waals surface area contributed by atoms with Gasteiger partial charge in [0.05, 0.1) is 50.2 Å². The Bertz CT molecular complexity index is 2990. The summed E-state index contributed by atoms with van der Waals surface area (Å²) in [6.45, 7) is 9.45. The van der Waals surface area contributed by atoms with Crippen molar-refractivity contribution in [2.24, 2.45) is 23.5 Å². The van der Waals surface area contributed by atoms with Crippen LogP contribution in [0.1, 0.15) is 75.8 Å². The number of halogens is 3. The number of aliphatic hydroxyl groups excluding tert-OH is 2. The Balaban J connectivity index is 0.838. The fraction of sp³-hybridized carbons (Fsp3) is 0.462. The summed E-state index contributed by atoms with van der Waals surface area (Å²) < 4.78 is 61.8. The molecule has 2 amide bonds. The molecule has 7 N–H and O–H groups in total. The second-order valence-electron chi connectivity index (χ2n) is 19.2. The number of carbonyl (C=O) groups excluding carboxylic acids is 2. The highest BCUT2D eigenvalue weighted by Crippen LogP contribution is 2.48. The number of fused-ring (bicyclic) bond motifs is 3. The number of anilines is 2. The van der Waals surface area contributed by atoms with E-state index in [2.05, 4.69) is 66.4 Å². The van der Waals surface area contributed by atoms with Gasteiger partial charge >= 0.3 is 6.29 Å². The monoisotopic (exact) mass is 1030 g/mol. The number of aromatic nitrogens is 6. The van der Waals surface area contributed by atoms with Gasteiger partial charge in [-0.05, 0) is 91.0 Å². The molecule has 2 aliphatic rings. The van der Waals surface area contributed by atoms with Crippen LogP contribution >= 0.6 is 11.8 Å². The average Bonchev–Trinajstić information content (AvgIpc) is 3.61. The van der Waals surface area contributed by atoms with E-state index in [1.807, 2.05) is 44.2 Å². The van der Waals surface area contributed by atoms with Crippen molar-refractivity contribution in [3.8, 4) is 23.3 Å². The number of nitrogens with one attached hydrogen (secondary N) is 3. The molecule has 1 aliphatic heterocycles. The van der Waals surface area contributed by atoms with E-state index < -0.39 is 36.1 Å². The standard InChI is InChI=1S/C52H61F3N10O7S/c1-5-20-73-50-60-48(58-17-16-56)47-49(61-50)65(63-62-47)27-33-8-6-32(7-9-33)11-14-45(68)57-18-19-70-30-51(3,4)44-25-36-24-40(39(53)26-41(36)64(44)28-37(67)29-66)59-46(69)15-12-35(38-21-31(38)2)22-34-10-13-42-43(23-34)72-52(54,55)71-42/h6-10,13,23-26,31,35,37-38,66-67H,5,12,15-22,27-30,56H2,1-4H3,(H,57,68)(H,59,69)(H,58,60,61)/t31?,35?,37-,38+/m1/s1. The van der Waals surface area contributed by atoms with Gasteiger partial charge in [0.2, 0.25) is 5.91 Å². The van der Waals surface area contributed by atoms with Crippen LogP contribution in [0.25, 0.3) is 22.1 Å². The van der Waals surface area contributed by atoms with Gasteiger partial charge in [0, 0.05) is 65.9 Å². The molecule has 388 valence electrons. The molecule has 4 heterocycles. The number of carbonyl (C=O) groups is 2. The maximum absolute atomic E-state index is 15.8. The number of benzene rings is 3. The average molecular weight is 1030 g/mol. The Kier molecular flexibility index (Phi) is 16.8. The molecule has 1 saturated carbocycles. The lowest BCUT2D eigenvalue weighted by atomic mass is 9.89. The Hall–Kier alpha value is -6.44. The number of ether oxygens (including phenoxy) is 3. The van der Waals surface area contributed by atoms with E-state index >= 15 is 4.39 Å². The van der Waals surface area contributed by atoms with Gasteiger partial charge in [0.1, 0.15) is 5.82 Å². The Morgan fingerprint density at radius 3 is 2.58 bits per heavy atom. The van der Waals surface area contributed by atoms with Crippen molar-refractivity contribution in [1.82, 2.24) is 34.8 Å². The van der Waals surface area contributed by atoms with Crippen molar-refractivity contribution in [2.75, 3.05) is 55.8 Å². The fourth-order valence-corrected chi connectivity index (χ4v) is 9.72. The number of alkyl halides is 2. The van der Waals surface area contributed by atoms with Crippen molar-refractivity contribution in [3.63, 3.8) is 0 Å². The highest BCUT2D eigenvalue weighted by atomic mass is 32.2. The largest absolute Gasteiger partial charge is 0.586 e. The molecule has 73 heavy (non-hydrogen) atoms. The van der Waals surface area contributed by atoms with Crippen molar-refractivity contribution >= 4 is 57.1 Å². The smallest absolute Gasteiger partial charge is 0.395 e. The van der Waals surface area contributed by atoms with Crippen molar-refractivity contribution < 1.29 is 47.2 Å². The van der Waals surface area contributed by atoms with E-state index in [1.54, 1.807) is 39.2 Å². The molecule has 0 radical (unpaired) electrons. The summed E-state index contributed by atoms with van der Waals surface area (Å²) in [5.74, 6) is 6.34. The topological polar surface area (TPSA) is 226 Å². The number of aliphatic hydroxyl groups is 2. The van der Waals surface area contributed by atoms with Crippen molar-refractivity contribution in [1.29, 1.82) is 0 Å². The second-order valence-corrected chi connectivity index (χ2v) is 20.3. The van der Waals surface area contributed by atoms with Gasteiger partial charge in [0.25, 0.3) is 5.91 Å². The normalized spacial score (nSPS) is 16.5. The number of hydrogen-bond donors (Lipinski definition) is 6. The number of amides is 2. The van der Waals surface area contributed by atoms with Crippen LogP contribution in [0.4, 0.5) is 24.7 Å². The molecule has 4 atom stereocenters. The number of hydrogen-bond acceptors (Lipinski definition) is 14. The summed E-state index contributed by atoms with van der Waals surface area (Å²) in [5.41, 5.74) is 9.70. The molecule has 0 bridgehead atoms. The lowest BCUT2D eigenvalue weighted by Crippen LogP contribution is -2.32. The Labute approximate surface area is 425 Å². The number of thioether (sulfide) groups is 1. The van der Waals surface area contributed by atoms with Crippen LogP contribution in [0.15, 0.2) is 65.8 Å². The van der Waals surface area contributed by atoms with E-state index in [-0.39, 0.29) is 61.7 Å². The second kappa shape index (κ2) is 23.2. The first kappa shape index (κ1) is 52.9. The minimum atomic E-state index is -3.71. The third-order valence-corrected chi connectivity index (χ3v) is 13.9. The molecule has 3 aromatic carbocycles. The first-order valence-electron chi connectivity index (χ1n) is 24.5. The van der Waals surface area contributed by atoms with Gasteiger partial charge in [-0.3, -0.25) is 9.59 Å². The van der Waals surface area contributed by atoms with E-state index in [0.717, 1.165) is 29.7 Å².